The van der Waals surface area contributed by atoms with E-state index >= 15 is 0 Å². The molecule has 2 N–H and O–H groups in total. The van der Waals surface area contributed by atoms with Crippen molar-refractivity contribution in [2.24, 2.45) is 0 Å². The van der Waals surface area contributed by atoms with E-state index < -0.39 is 5.82 Å². The molecule has 158 valence electrons. The third kappa shape index (κ3) is 3.72. The summed E-state index contributed by atoms with van der Waals surface area (Å²) in [7, 11) is 0. The van der Waals surface area contributed by atoms with Gasteiger partial charge in [-0.25, -0.2) is 14.4 Å². The average Bonchev–Trinajstić information content (AvgIpc) is 3.43. The van der Waals surface area contributed by atoms with Crippen LogP contribution in [0.3, 0.4) is 0 Å². The van der Waals surface area contributed by atoms with Crippen LogP contribution in [-0.2, 0) is 11.3 Å². The Morgan fingerprint density at radius 3 is 2.77 bits per heavy atom. The van der Waals surface area contributed by atoms with Crippen molar-refractivity contribution >= 4 is 34.2 Å². The zero-order valence-electron chi connectivity index (χ0n) is 16.6. The Morgan fingerprint density at radius 1 is 1.16 bits per heavy atom. The van der Waals surface area contributed by atoms with Crippen molar-refractivity contribution in [3.05, 3.63) is 58.9 Å². The van der Waals surface area contributed by atoms with Crippen LogP contribution in [-0.4, -0.2) is 36.1 Å². The number of carbonyl (C=O) groups is 1. The molecule has 0 radical (unpaired) electrons. The molecule has 1 amide bonds. The molecule has 10 heteroatoms. The van der Waals surface area contributed by atoms with E-state index in [-0.39, 0.29) is 23.8 Å². The second kappa shape index (κ2) is 7.78. The summed E-state index contributed by atoms with van der Waals surface area (Å²) in [6.07, 6.45) is 7.07. The zero-order chi connectivity index (χ0) is 21.4. The molecule has 4 aromatic heterocycles. The fourth-order valence-corrected chi connectivity index (χ4v) is 4.00. The highest BCUT2D eigenvalue weighted by Gasteiger charge is 2.20. The third-order valence-corrected chi connectivity index (χ3v) is 5.44. The second-order valence-electron chi connectivity index (χ2n) is 7.60. The van der Waals surface area contributed by atoms with Crippen LogP contribution in [0.1, 0.15) is 25.7 Å². The van der Waals surface area contributed by atoms with Crippen molar-refractivity contribution in [1.29, 1.82) is 0 Å². The van der Waals surface area contributed by atoms with E-state index in [4.69, 9.17) is 0 Å². The minimum absolute atomic E-state index is 0.120. The minimum Gasteiger partial charge on any atom is -0.366 e. The molecule has 0 spiro atoms. The van der Waals surface area contributed by atoms with Crippen LogP contribution in [0.5, 0.6) is 0 Å². The Kier molecular flexibility index (Phi) is 4.81. The number of fused-ring (bicyclic) bond motifs is 2. The lowest BCUT2D eigenvalue weighted by Crippen LogP contribution is -2.25. The highest BCUT2D eigenvalue weighted by Crippen LogP contribution is 2.23. The molecule has 1 fully saturated rings. The van der Waals surface area contributed by atoms with Crippen molar-refractivity contribution in [2.75, 3.05) is 10.6 Å². The molecule has 4 aromatic rings. The second-order valence-corrected chi connectivity index (χ2v) is 7.60. The van der Waals surface area contributed by atoms with E-state index in [1.807, 2.05) is 0 Å². The first-order chi connectivity index (χ1) is 15.1. The van der Waals surface area contributed by atoms with Gasteiger partial charge in [-0.15, -0.1) is 5.10 Å². The number of nitrogens with one attached hydrogen (secondary N) is 2. The minimum atomic E-state index is -0.489. The number of hydrogen-bond acceptors (Lipinski definition) is 6. The summed E-state index contributed by atoms with van der Waals surface area (Å²) in [5.74, 6) is -0.0496. The van der Waals surface area contributed by atoms with E-state index in [1.54, 1.807) is 29.0 Å². The lowest BCUT2D eigenvalue weighted by atomic mass is 10.2. The molecular formula is C21H20FN7O2. The monoisotopic (exact) mass is 421 g/mol. The average molecular weight is 421 g/mol. The van der Waals surface area contributed by atoms with E-state index in [0.29, 0.717) is 28.5 Å². The molecule has 1 saturated carbocycles. The predicted molar refractivity (Wildman–Crippen MR) is 113 cm³/mol. The summed E-state index contributed by atoms with van der Waals surface area (Å²) in [5.41, 5.74) is 0.544. The number of aromatic nitrogens is 5. The molecule has 0 bridgehead atoms. The zero-order valence-corrected chi connectivity index (χ0v) is 16.6. The molecule has 9 nitrogen and oxygen atoms in total. The number of anilines is 2. The van der Waals surface area contributed by atoms with Crippen LogP contribution in [0, 0.1) is 5.82 Å². The first kappa shape index (κ1) is 19.2. The molecule has 0 aliphatic heterocycles. The van der Waals surface area contributed by atoms with Gasteiger partial charge in [0.1, 0.15) is 29.5 Å². The van der Waals surface area contributed by atoms with E-state index in [2.05, 4.69) is 25.7 Å². The summed E-state index contributed by atoms with van der Waals surface area (Å²) in [6.45, 7) is -0.120. The lowest BCUT2D eigenvalue weighted by molar-refractivity contribution is -0.116. The van der Waals surface area contributed by atoms with Crippen molar-refractivity contribution in [3.63, 3.8) is 0 Å². The summed E-state index contributed by atoms with van der Waals surface area (Å²) in [5, 5.41) is 10.8. The van der Waals surface area contributed by atoms with Gasteiger partial charge in [-0.3, -0.25) is 9.59 Å². The molecular weight excluding hydrogens is 401 g/mol. The SMILES string of the molecule is O=C(Cn1c2ncccc2c(=O)n2nc(NC3CCCC3)cc12)Nc1ccc(F)cn1. The maximum Gasteiger partial charge on any atom is 0.283 e. The van der Waals surface area contributed by atoms with E-state index in [1.165, 1.54) is 29.5 Å². The summed E-state index contributed by atoms with van der Waals surface area (Å²) in [4.78, 5) is 33.9. The Balaban J connectivity index is 1.54. The van der Waals surface area contributed by atoms with Gasteiger partial charge in [0, 0.05) is 18.3 Å². The number of nitrogens with zero attached hydrogens (tertiary/aromatic N) is 5. The molecule has 0 atom stereocenters. The van der Waals surface area contributed by atoms with Crippen molar-refractivity contribution in [3.8, 4) is 0 Å². The number of halogens is 1. The summed E-state index contributed by atoms with van der Waals surface area (Å²) >= 11 is 0. The standard InChI is InChI=1S/C21H20FN7O2/c22-13-7-8-16(24-11-13)26-18(30)12-28-19-10-17(25-14-4-1-2-5-14)27-29(19)21(31)15-6-3-9-23-20(15)28/h3,6-11,14H,1-2,4-5,12H2,(H,25,27)(H,24,26,30). The largest absolute Gasteiger partial charge is 0.366 e. The number of hydrogen-bond donors (Lipinski definition) is 2. The molecule has 5 rings (SSSR count). The fourth-order valence-electron chi connectivity index (χ4n) is 4.00. The quantitative estimate of drug-likeness (QED) is 0.513. The maximum absolute atomic E-state index is 13.1. The molecule has 0 unspecified atom stereocenters. The molecule has 0 saturated heterocycles. The van der Waals surface area contributed by atoms with Gasteiger partial charge in [0.25, 0.3) is 5.56 Å². The smallest absolute Gasteiger partial charge is 0.283 e. The Bertz CT molecular complexity index is 1320. The number of rotatable bonds is 5. The van der Waals surface area contributed by atoms with E-state index in [0.717, 1.165) is 19.0 Å². The van der Waals surface area contributed by atoms with Gasteiger partial charge in [-0.1, -0.05) is 12.8 Å². The first-order valence-corrected chi connectivity index (χ1v) is 10.1. The Hall–Kier alpha value is -3.82. The summed E-state index contributed by atoms with van der Waals surface area (Å²) < 4.78 is 16.0. The first-order valence-electron chi connectivity index (χ1n) is 10.1. The van der Waals surface area contributed by atoms with Crippen LogP contribution in [0.25, 0.3) is 16.7 Å². The molecule has 0 aromatic carbocycles. The van der Waals surface area contributed by atoms with Gasteiger partial charge >= 0.3 is 0 Å². The highest BCUT2D eigenvalue weighted by molar-refractivity contribution is 5.91. The number of pyridine rings is 2. The summed E-state index contributed by atoms with van der Waals surface area (Å²) in [6, 6.07) is 8.02. The van der Waals surface area contributed by atoms with Crippen LogP contribution >= 0.6 is 0 Å². The van der Waals surface area contributed by atoms with Gasteiger partial charge in [-0.2, -0.15) is 4.52 Å². The molecule has 31 heavy (non-hydrogen) atoms. The molecule has 4 heterocycles. The molecule has 1 aliphatic carbocycles. The Labute approximate surface area is 175 Å². The van der Waals surface area contributed by atoms with Gasteiger partial charge in [0.2, 0.25) is 5.91 Å². The number of carbonyl (C=O) groups excluding carboxylic acids is 1. The van der Waals surface area contributed by atoms with Crippen molar-refractivity contribution < 1.29 is 9.18 Å². The maximum atomic E-state index is 13.1. The van der Waals surface area contributed by atoms with Gasteiger partial charge in [0.05, 0.1) is 11.6 Å². The fraction of sp³-hybridized carbons (Fsp3) is 0.286. The predicted octanol–water partition coefficient (Wildman–Crippen LogP) is 2.57. The van der Waals surface area contributed by atoms with Crippen LogP contribution in [0.4, 0.5) is 16.0 Å². The van der Waals surface area contributed by atoms with Gasteiger partial charge in [-0.05, 0) is 37.1 Å². The van der Waals surface area contributed by atoms with Gasteiger partial charge in [0.15, 0.2) is 5.82 Å². The van der Waals surface area contributed by atoms with E-state index in [9.17, 15) is 14.0 Å². The van der Waals surface area contributed by atoms with Crippen molar-refractivity contribution in [2.45, 2.75) is 38.3 Å². The van der Waals surface area contributed by atoms with Crippen LogP contribution < -0.4 is 16.2 Å². The van der Waals surface area contributed by atoms with Crippen LogP contribution in [0.2, 0.25) is 0 Å². The van der Waals surface area contributed by atoms with Crippen LogP contribution in [0.15, 0.2) is 47.5 Å². The topological polar surface area (TPSA) is 106 Å². The van der Waals surface area contributed by atoms with Crippen molar-refractivity contribution in [1.82, 2.24) is 24.1 Å². The number of amides is 1. The third-order valence-electron chi connectivity index (χ3n) is 5.44. The Morgan fingerprint density at radius 2 is 2.00 bits per heavy atom. The highest BCUT2D eigenvalue weighted by atomic mass is 19.1. The normalized spacial score (nSPS) is 14.4. The molecule has 1 aliphatic rings. The van der Waals surface area contributed by atoms with Gasteiger partial charge < -0.3 is 15.2 Å². The lowest BCUT2D eigenvalue weighted by Gasteiger charge is -2.12.